The van der Waals surface area contributed by atoms with Crippen molar-refractivity contribution >= 4 is 0 Å². The van der Waals surface area contributed by atoms with Crippen molar-refractivity contribution in [2.24, 2.45) is 16.8 Å². The van der Waals surface area contributed by atoms with Gasteiger partial charge in [-0.15, -0.1) is 0 Å². The largest absolute Gasteiger partial charge is 0.330 e. The first-order valence-electron chi connectivity index (χ1n) is 4.23. The molecule has 0 aliphatic carbocycles. The van der Waals surface area contributed by atoms with Gasteiger partial charge in [-0.1, -0.05) is 12.0 Å². The lowest BCUT2D eigenvalue weighted by molar-refractivity contribution is 0.517. The summed E-state index contributed by atoms with van der Waals surface area (Å²) in [5, 5.41) is 6.72. The van der Waals surface area contributed by atoms with Gasteiger partial charge in [-0.3, -0.25) is 0 Å². The second-order valence-electron chi connectivity index (χ2n) is 2.86. The molecule has 0 aliphatic rings. The first-order valence-corrected chi connectivity index (χ1v) is 4.23. The van der Waals surface area contributed by atoms with E-state index in [-0.39, 0.29) is 0 Å². The molecule has 5 nitrogen and oxygen atoms in total. The number of nitrogens with zero attached hydrogens (tertiary/aromatic N) is 3. The van der Waals surface area contributed by atoms with Crippen molar-refractivity contribution in [3.05, 3.63) is 10.4 Å². The van der Waals surface area contributed by atoms with E-state index in [1.54, 1.807) is 0 Å². The van der Waals surface area contributed by atoms with Crippen LogP contribution >= 0.6 is 0 Å². The molecule has 0 saturated heterocycles. The number of nitrogens with two attached hydrogens (primary N) is 1. The zero-order valence-electron chi connectivity index (χ0n) is 7.53. The highest BCUT2D eigenvalue weighted by Crippen LogP contribution is 1.92. The predicted octanol–water partition coefficient (Wildman–Crippen LogP) is 0.871. The zero-order valence-corrected chi connectivity index (χ0v) is 7.53. The maximum atomic E-state index is 8.05. The Morgan fingerprint density at radius 1 is 1.67 bits per heavy atom. The average molecular weight is 171 g/mol. The molecule has 0 heterocycles. The lowest BCUT2D eigenvalue weighted by atomic mass is 10.2. The van der Waals surface area contributed by atoms with E-state index in [1.807, 2.05) is 6.92 Å². The summed E-state index contributed by atoms with van der Waals surface area (Å²) in [6, 6.07) is 0. The third-order valence-corrected chi connectivity index (χ3v) is 1.51. The van der Waals surface area contributed by atoms with Gasteiger partial charge in [0.1, 0.15) is 0 Å². The van der Waals surface area contributed by atoms with Gasteiger partial charge in [0.15, 0.2) is 0 Å². The Morgan fingerprint density at radius 3 is 3.00 bits per heavy atom. The monoisotopic (exact) mass is 171 g/mol. The molecule has 0 aromatic rings. The summed E-state index contributed by atoms with van der Waals surface area (Å²) >= 11 is 0. The first-order chi connectivity index (χ1) is 5.81. The Labute approximate surface area is 73.0 Å². The Balaban J connectivity index is 3.18. The van der Waals surface area contributed by atoms with Crippen LogP contribution in [0.3, 0.4) is 0 Å². The van der Waals surface area contributed by atoms with E-state index in [2.05, 4.69) is 15.3 Å². The Bertz CT molecular complexity index is 141. The molecular formula is C7H17N5. The molecule has 1 atom stereocenters. The van der Waals surface area contributed by atoms with Crippen LogP contribution in [0.15, 0.2) is 5.11 Å². The third kappa shape index (κ3) is 7.34. The van der Waals surface area contributed by atoms with Crippen molar-refractivity contribution in [3.63, 3.8) is 0 Å². The van der Waals surface area contributed by atoms with E-state index >= 15 is 0 Å². The van der Waals surface area contributed by atoms with Gasteiger partial charge >= 0.3 is 0 Å². The van der Waals surface area contributed by atoms with Gasteiger partial charge < -0.3 is 11.1 Å². The highest BCUT2D eigenvalue weighted by atomic mass is 15.1. The van der Waals surface area contributed by atoms with Crippen molar-refractivity contribution in [1.29, 1.82) is 0 Å². The van der Waals surface area contributed by atoms with Crippen LogP contribution in [0.1, 0.15) is 13.3 Å². The van der Waals surface area contributed by atoms with Gasteiger partial charge in [-0.2, -0.15) is 0 Å². The second-order valence-corrected chi connectivity index (χ2v) is 2.86. The minimum atomic E-state index is 0.402. The molecule has 5 heteroatoms. The van der Waals surface area contributed by atoms with E-state index in [9.17, 15) is 0 Å². The lowest BCUT2D eigenvalue weighted by Crippen LogP contribution is -2.25. The Hall–Kier alpha value is -0.770. The second kappa shape index (κ2) is 8.33. The summed E-state index contributed by atoms with van der Waals surface area (Å²) < 4.78 is 0. The Morgan fingerprint density at radius 2 is 2.42 bits per heavy atom. The molecule has 0 spiro atoms. The van der Waals surface area contributed by atoms with Gasteiger partial charge in [0, 0.05) is 11.5 Å². The van der Waals surface area contributed by atoms with Crippen molar-refractivity contribution in [2.45, 2.75) is 13.3 Å². The van der Waals surface area contributed by atoms with Gasteiger partial charge in [-0.05, 0) is 37.5 Å². The molecule has 0 radical (unpaired) electrons. The Kier molecular flexibility index (Phi) is 7.79. The fourth-order valence-electron chi connectivity index (χ4n) is 0.816. The highest BCUT2D eigenvalue weighted by molar-refractivity contribution is 4.60. The van der Waals surface area contributed by atoms with Gasteiger partial charge in [0.2, 0.25) is 0 Å². The van der Waals surface area contributed by atoms with Gasteiger partial charge in [0.25, 0.3) is 0 Å². The molecule has 0 amide bonds. The van der Waals surface area contributed by atoms with E-state index < -0.39 is 0 Å². The summed E-state index contributed by atoms with van der Waals surface area (Å²) in [7, 11) is 0. The van der Waals surface area contributed by atoms with Crippen molar-refractivity contribution < 1.29 is 0 Å². The minimum Gasteiger partial charge on any atom is -0.330 e. The van der Waals surface area contributed by atoms with Crippen LogP contribution in [-0.2, 0) is 0 Å². The first kappa shape index (κ1) is 11.2. The van der Waals surface area contributed by atoms with E-state index in [0.717, 1.165) is 26.1 Å². The molecular weight excluding hydrogens is 154 g/mol. The van der Waals surface area contributed by atoms with Crippen LogP contribution in [0.5, 0.6) is 0 Å². The van der Waals surface area contributed by atoms with Crippen LogP contribution in [-0.4, -0.2) is 26.2 Å². The zero-order chi connectivity index (χ0) is 9.23. The number of hydrogen-bond acceptors (Lipinski definition) is 3. The fraction of sp³-hybridized carbons (Fsp3) is 1.00. The molecule has 0 fully saturated rings. The quantitative estimate of drug-likeness (QED) is 0.258. The van der Waals surface area contributed by atoms with Crippen LogP contribution in [0, 0.1) is 5.92 Å². The maximum Gasteiger partial charge on any atom is 0.0295 e. The molecule has 70 valence electrons. The lowest BCUT2D eigenvalue weighted by Gasteiger charge is -2.08. The van der Waals surface area contributed by atoms with Crippen molar-refractivity contribution in [2.75, 3.05) is 26.2 Å². The summed E-state index contributed by atoms with van der Waals surface area (Å²) in [4.78, 5) is 2.70. The minimum absolute atomic E-state index is 0.402. The smallest absolute Gasteiger partial charge is 0.0295 e. The standard InChI is InChI=1S/C7H17N5/c1-7(6-11-12-9)5-10-4-2-3-8/h7,10H,2-6,8H2,1H3. The van der Waals surface area contributed by atoms with Crippen LogP contribution in [0.2, 0.25) is 0 Å². The van der Waals surface area contributed by atoms with Gasteiger partial charge in [-0.25, -0.2) is 0 Å². The summed E-state index contributed by atoms with van der Waals surface area (Å²) in [6.45, 7) is 5.16. The molecule has 0 saturated carbocycles. The molecule has 3 N–H and O–H groups in total. The molecule has 0 aromatic carbocycles. The number of nitrogens with one attached hydrogen (secondary N) is 1. The number of rotatable bonds is 7. The third-order valence-electron chi connectivity index (χ3n) is 1.51. The SMILES string of the molecule is CC(CN=[N+]=[N-])CNCCCN. The van der Waals surface area contributed by atoms with E-state index in [4.69, 9.17) is 11.3 Å². The highest BCUT2D eigenvalue weighted by Gasteiger charge is 1.97. The van der Waals surface area contributed by atoms with E-state index in [0.29, 0.717) is 12.5 Å². The molecule has 0 rings (SSSR count). The van der Waals surface area contributed by atoms with Gasteiger partial charge in [0.05, 0.1) is 0 Å². The maximum absolute atomic E-state index is 8.05. The molecule has 12 heavy (non-hydrogen) atoms. The average Bonchev–Trinajstić information content (AvgIpc) is 2.09. The normalized spacial score (nSPS) is 12.2. The van der Waals surface area contributed by atoms with E-state index in [1.165, 1.54) is 0 Å². The number of hydrogen-bond donors (Lipinski definition) is 2. The summed E-state index contributed by atoms with van der Waals surface area (Å²) in [6.07, 6.45) is 0.994. The summed E-state index contributed by atoms with van der Waals surface area (Å²) in [5.41, 5.74) is 13.4. The molecule has 0 aliphatic heterocycles. The fourth-order valence-corrected chi connectivity index (χ4v) is 0.816. The topological polar surface area (TPSA) is 86.8 Å². The molecule has 0 bridgehead atoms. The van der Waals surface area contributed by atoms with Crippen molar-refractivity contribution in [3.8, 4) is 0 Å². The molecule has 1 unspecified atom stereocenters. The van der Waals surface area contributed by atoms with Crippen LogP contribution < -0.4 is 11.1 Å². The van der Waals surface area contributed by atoms with Crippen LogP contribution in [0.25, 0.3) is 10.4 Å². The predicted molar refractivity (Wildman–Crippen MR) is 49.7 cm³/mol. The number of azide groups is 1. The van der Waals surface area contributed by atoms with Crippen LogP contribution in [0.4, 0.5) is 0 Å². The van der Waals surface area contributed by atoms with Crippen molar-refractivity contribution in [1.82, 2.24) is 5.32 Å². The molecule has 0 aromatic heterocycles. The summed E-state index contributed by atoms with van der Waals surface area (Å²) in [5.74, 6) is 0.402.